The molecule has 0 radical (unpaired) electrons. The van der Waals surface area contributed by atoms with Crippen molar-refractivity contribution >= 4 is 11.9 Å². The van der Waals surface area contributed by atoms with Gasteiger partial charge in [-0.25, -0.2) is 9.59 Å². The number of hydrogen-bond donors (Lipinski definition) is 0. The Morgan fingerprint density at radius 1 is 1.24 bits per heavy atom. The van der Waals surface area contributed by atoms with Crippen LogP contribution >= 0.6 is 0 Å². The lowest BCUT2D eigenvalue weighted by Crippen LogP contribution is -2.13. The van der Waals surface area contributed by atoms with Crippen LogP contribution in [0.15, 0.2) is 36.2 Å². The van der Waals surface area contributed by atoms with Crippen molar-refractivity contribution in [2.24, 2.45) is 5.92 Å². The zero-order chi connectivity index (χ0) is 15.2. The van der Waals surface area contributed by atoms with Crippen LogP contribution in [-0.2, 0) is 19.1 Å². The van der Waals surface area contributed by atoms with Crippen molar-refractivity contribution in [1.82, 2.24) is 4.98 Å². The number of hydrogen-bond acceptors (Lipinski definition) is 5. The van der Waals surface area contributed by atoms with Crippen LogP contribution in [-0.4, -0.2) is 30.1 Å². The van der Waals surface area contributed by atoms with E-state index in [2.05, 4.69) is 4.98 Å². The predicted octanol–water partition coefficient (Wildman–Crippen LogP) is 2.24. The molecule has 2 rings (SSSR count). The van der Waals surface area contributed by atoms with Gasteiger partial charge in [-0.05, 0) is 49.8 Å². The summed E-state index contributed by atoms with van der Waals surface area (Å²) in [6.45, 7) is 4.04. The minimum absolute atomic E-state index is 0.0101. The van der Waals surface area contributed by atoms with E-state index in [1.807, 2.05) is 12.1 Å². The van der Waals surface area contributed by atoms with Gasteiger partial charge in [0.25, 0.3) is 0 Å². The van der Waals surface area contributed by atoms with E-state index in [-0.39, 0.29) is 25.0 Å². The van der Waals surface area contributed by atoms with Gasteiger partial charge in [-0.2, -0.15) is 0 Å². The summed E-state index contributed by atoms with van der Waals surface area (Å²) in [7, 11) is 0. The first-order chi connectivity index (χ1) is 10.2. The summed E-state index contributed by atoms with van der Waals surface area (Å²) in [6.07, 6.45) is 5.55. The number of carbonyl (C=O) groups is 2. The van der Waals surface area contributed by atoms with E-state index in [4.69, 9.17) is 9.47 Å². The standard InChI is InChI=1S/C16H19NO4/c1-3-20-15(18)10-14(16(19)21-4-2)13-9-12(13)11-5-7-17-8-6-11/h5-8,10,12-13H,3-4,9H2,1-2H3/b14-10-/t12-,13-/m1/s1. The van der Waals surface area contributed by atoms with Gasteiger partial charge in [0.15, 0.2) is 0 Å². The molecule has 0 amide bonds. The zero-order valence-corrected chi connectivity index (χ0v) is 12.2. The summed E-state index contributed by atoms with van der Waals surface area (Å²) < 4.78 is 9.93. The van der Waals surface area contributed by atoms with E-state index < -0.39 is 11.9 Å². The topological polar surface area (TPSA) is 65.5 Å². The first kappa shape index (κ1) is 15.2. The minimum atomic E-state index is -0.499. The molecular weight excluding hydrogens is 270 g/mol. The lowest BCUT2D eigenvalue weighted by Gasteiger charge is -2.07. The Hall–Kier alpha value is -2.17. The van der Waals surface area contributed by atoms with Gasteiger partial charge in [-0.15, -0.1) is 0 Å². The van der Waals surface area contributed by atoms with Crippen molar-refractivity contribution in [3.05, 3.63) is 41.7 Å². The van der Waals surface area contributed by atoms with Crippen molar-refractivity contribution in [3.63, 3.8) is 0 Å². The van der Waals surface area contributed by atoms with Gasteiger partial charge < -0.3 is 9.47 Å². The predicted molar refractivity (Wildman–Crippen MR) is 76.4 cm³/mol. The second-order valence-corrected chi connectivity index (χ2v) is 4.80. The third-order valence-corrected chi connectivity index (χ3v) is 3.40. The number of carbonyl (C=O) groups excluding carboxylic acids is 2. The molecule has 5 heteroatoms. The number of nitrogens with zero attached hydrogens (tertiary/aromatic N) is 1. The van der Waals surface area contributed by atoms with E-state index in [9.17, 15) is 9.59 Å². The highest BCUT2D eigenvalue weighted by Crippen LogP contribution is 2.51. The highest BCUT2D eigenvalue weighted by atomic mass is 16.5. The fourth-order valence-corrected chi connectivity index (χ4v) is 2.36. The van der Waals surface area contributed by atoms with Crippen molar-refractivity contribution in [3.8, 4) is 0 Å². The highest BCUT2D eigenvalue weighted by molar-refractivity contribution is 5.97. The van der Waals surface area contributed by atoms with Crippen LogP contribution < -0.4 is 0 Å². The second kappa shape index (κ2) is 7.02. The normalized spacial score (nSPS) is 20.8. The number of esters is 2. The van der Waals surface area contributed by atoms with Crippen LogP contribution in [0.2, 0.25) is 0 Å². The van der Waals surface area contributed by atoms with E-state index in [0.29, 0.717) is 5.57 Å². The fraction of sp³-hybridized carbons (Fsp3) is 0.438. The molecular formula is C16H19NO4. The van der Waals surface area contributed by atoms with E-state index in [1.165, 1.54) is 6.08 Å². The summed E-state index contributed by atoms with van der Waals surface area (Å²) in [5.41, 5.74) is 1.52. The summed E-state index contributed by atoms with van der Waals surface area (Å²) in [6, 6.07) is 3.86. The summed E-state index contributed by atoms with van der Waals surface area (Å²) in [5.74, 6) is -0.693. The lowest BCUT2D eigenvalue weighted by atomic mass is 10.1. The number of aromatic nitrogens is 1. The molecule has 0 aromatic carbocycles. The largest absolute Gasteiger partial charge is 0.463 e. The molecule has 2 atom stereocenters. The monoisotopic (exact) mass is 289 g/mol. The van der Waals surface area contributed by atoms with Crippen LogP contribution in [0, 0.1) is 5.92 Å². The van der Waals surface area contributed by atoms with E-state index in [1.54, 1.807) is 26.2 Å². The Morgan fingerprint density at radius 2 is 1.90 bits per heavy atom. The molecule has 1 saturated carbocycles. The Kier molecular flexibility index (Phi) is 5.09. The summed E-state index contributed by atoms with van der Waals surface area (Å²) in [4.78, 5) is 27.6. The molecule has 0 aliphatic heterocycles. The van der Waals surface area contributed by atoms with Gasteiger partial charge in [-0.1, -0.05) is 0 Å². The second-order valence-electron chi connectivity index (χ2n) is 4.80. The molecule has 1 aliphatic carbocycles. The lowest BCUT2D eigenvalue weighted by molar-refractivity contribution is -0.141. The SMILES string of the molecule is CCOC(=O)/C=C(\C(=O)OCC)[C@@H]1C[C@@H]1c1ccncc1. The third kappa shape index (κ3) is 3.90. The Bertz CT molecular complexity index is 538. The molecule has 21 heavy (non-hydrogen) atoms. The minimum Gasteiger partial charge on any atom is -0.463 e. The van der Waals surface area contributed by atoms with Crippen molar-refractivity contribution in [2.45, 2.75) is 26.2 Å². The van der Waals surface area contributed by atoms with Crippen LogP contribution in [0.5, 0.6) is 0 Å². The van der Waals surface area contributed by atoms with Gasteiger partial charge in [0.1, 0.15) is 0 Å². The maximum Gasteiger partial charge on any atom is 0.334 e. The third-order valence-electron chi connectivity index (χ3n) is 3.40. The average molecular weight is 289 g/mol. The van der Waals surface area contributed by atoms with Crippen LogP contribution in [0.1, 0.15) is 31.7 Å². The van der Waals surface area contributed by atoms with E-state index in [0.717, 1.165) is 12.0 Å². The molecule has 0 saturated heterocycles. The number of ether oxygens (including phenoxy) is 2. The molecule has 1 fully saturated rings. The first-order valence-electron chi connectivity index (χ1n) is 7.12. The van der Waals surface area contributed by atoms with Gasteiger partial charge in [0.2, 0.25) is 0 Å². The summed E-state index contributed by atoms with van der Waals surface area (Å²) >= 11 is 0. The maximum absolute atomic E-state index is 12.0. The maximum atomic E-state index is 12.0. The van der Waals surface area contributed by atoms with Crippen molar-refractivity contribution < 1.29 is 19.1 Å². The number of pyridine rings is 1. The van der Waals surface area contributed by atoms with Gasteiger partial charge in [0.05, 0.1) is 13.2 Å². The molecule has 0 unspecified atom stereocenters. The molecule has 0 spiro atoms. The Balaban J connectivity index is 2.14. The molecule has 1 aliphatic rings. The van der Waals surface area contributed by atoms with Crippen LogP contribution in [0.4, 0.5) is 0 Å². The molecule has 0 N–H and O–H groups in total. The van der Waals surface area contributed by atoms with Gasteiger partial charge >= 0.3 is 11.9 Å². The fourth-order valence-electron chi connectivity index (χ4n) is 2.36. The zero-order valence-electron chi connectivity index (χ0n) is 12.2. The Labute approximate surface area is 124 Å². The molecule has 0 bridgehead atoms. The Morgan fingerprint density at radius 3 is 2.52 bits per heavy atom. The molecule has 1 aromatic heterocycles. The van der Waals surface area contributed by atoms with E-state index >= 15 is 0 Å². The van der Waals surface area contributed by atoms with Gasteiger partial charge in [0, 0.05) is 24.0 Å². The number of rotatable bonds is 6. The average Bonchev–Trinajstić information content (AvgIpc) is 3.26. The van der Waals surface area contributed by atoms with Crippen molar-refractivity contribution in [1.29, 1.82) is 0 Å². The van der Waals surface area contributed by atoms with Crippen molar-refractivity contribution in [2.75, 3.05) is 13.2 Å². The van der Waals surface area contributed by atoms with Crippen LogP contribution in [0.25, 0.3) is 0 Å². The molecule has 1 heterocycles. The summed E-state index contributed by atoms with van der Waals surface area (Å²) in [5, 5.41) is 0. The quantitative estimate of drug-likeness (QED) is 0.593. The van der Waals surface area contributed by atoms with Crippen LogP contribution in [0.3, 0.4) is 0 Å². The molecule has 1 aromatic rings. The smallest absolute Gasteiger partial charge is 0.334 e. The first-order valence-corrected chi connectivity index (χ1v) is 7.12. The van der Waals surface area contributed by atoms with Gasteiger partial charge in [-0.3, -0.25) is 4.98 Å². The highest BCUT2D eigenvalue weighted by Gasteiger charge is 2.44. The molecule has 5 nitrogen and oxygen atoms in total. The molecule has 112 valence electrons.